The van der Waals surface area contributed by atoms with Gasteiger partial charge in [0.2, 0.25) is 0 Å². The van der Waals surface area contributed by atoms with E-state index in [1.54, 1.807) is 0 Å². The Balaban J connectivity index is 0.000000399. The molecule has 19 heavy (non-hydrogen) atoms. The number of piperidine rings is 1. The van der Waals surface area contributed by atoms with Gasteiger partial charge in [-0.25, -0.2) is 0 Å². The highest BCUT2D eigenvalue weighted by atomic mass is 16.5. The molecule has 1 aliphatic carbocycles. The summed E-state index contributed by atoms with van der Waals surface area (Å²) in [6.45, 7) is 5.39. The van der Waals surface area contributed by atoms with E-state index < -0.39 is 5.97 Å². The van der Waals surface area contributed by atoms with Crippen LogP contribution in [0.5, 0.6) is 0 Å². The van der Waals surface area contributed by atoms with Crippen LogP contribution in [0.25, 0.3) is 0 Å². The number of hydrogen-bond acceptors (Lipinski definition) is 4. The Bertz CT molecular complexity index is 300. The maximum atomic E-state index is 11.8. The summed E-state index contributed by atoms with van der Waals surface area (Å²) in [6.07, 6.45) is 5.12. The van der Waals surface area contributed by atoms with Crippen LogP contribution in [0.1, 0.15) is 39.5 Å². The average Bonchev–Trinajstić information content (AvgIpc) is 2.37. The first kappa shape index (κ1) is 16.0. The van der Waals surface area contributed by atoms with Crippen molar-refractivity contribution in [2.45, 2.75) is 39.5 Å². The molecule has 0 aromatic heterocycles. The number of carbonyl (C=O) groups is 2. The summed E-state index contributed by atoms with van der Waals surface area (Å²) >= 11 is 0. The van der Waals surface area contributed by atoms with Crippen LogP contribution in [0.4, 0.5) is 0 Å². The maximum Gasteiger partial charge on any atom is 0.310 e. The summed E-state index contributed by atoms with van der Waals surface area (Å²) in [5, 5.41) is 10.8. The van der Waals surface area contributed by atoms with Gasteiger partial charge in [0.15, 0.2) is 0 Å². The lowest BCUT2D eigenvalue weighted by Gasteiger charge is -2.40. The monoisotopic (exact) mass is 271 g/mol. The number of esters is 1. The number of carbonyl (C=O) groups excluding carboxylic acids is 1. The van der Waals surface area contributed by atoms with Gasteiger partial charge in [0.1, 0.15) is 0 Å². The number of carboxylic acids is 1. The SMILES string of the molecule is CC(=O)O.CCOC(=O)[C@@H]1CNC[C@@H]2CCCC[C@H]21. The van der Waals surface area contributed by atoms with Gasteiger partial charge < -0.3 is 15.2 Å². The van der Waals surface area contributed by atoms with Gasteiger partial charge in [-0.3, -0.25) is 9.59 Å². The third-order valence-corrected chi connectivity index (χ3v) is 3.84. The predicted octanol–water partition coefficient (Wildman–Crippen LogP) is 1.67. The Morgan fingerprint density at radius 2 is 1.89 bits per heavy atom. The Morgan fingerprint density at radius 1 is 1.26 bits per heavy atom. The molecule has 2 N–H and O–H groups in total. The van der Waals surface area contributed by atoms with Gasteiger partial charge in [0, 0.05) is 13.5 Å². The van der Waals surface area contributed by atoms with Crippen molar-refractivity contribution in [3.05, 3.63) is 0 Å². The minimum atomic E-state index is -0.833. The predicted molar refractivity (Wildman–Crippen MR) is 71.8 cm³/mol. The van der Waals surface area contributed by atoms with Gasteiger partial charge >= 0.3 is 5.97 Å². The number of ether oxygens (including phenoxy) is 1. The molecule has 0 amide bonds. The van der Waals surface area contributed by atoms with E-state index >= 15 is 0 Å². The van der Waals surface area contributed by atoms with Crippen molar-refractivity contribution in [1.29, 1.82) is 0 Å². The topological polar surface area (TPSA) is 75.6 Å². The molecule has 0 spiro atoms. The largest absolute Gasteiger partial charge is 0.481 e. The van der Waals surface area contributed by atoms with Crippen LogP contribution >= 0.6 is 0 Å². The zero-order valence-corrected chi connectivity index (χ0v) is 11.9. The quantitative estimate of drug-likeness (QED) is 0.747. The molecule has 1 heterocycles. The Labute approximate surface area is 114 Å². The van der Waals surface area contributed by atoms with Crippen LogP contribution in [0.3, 0.4) is 0 Å². The zero-order chi connectivity index (χ0) is 14.3. The molecule has 0 aromatic rings. The maximum absolute atomic E-state index is 11.8. The highest BCUT2D eigenvalue weighted by Gasteiger charge is 2.39. The fraction of sp³-hybridized carbons (Fsp3) is 0.857. The summed E-state index contributed by atoms with van der Waals surface area (Å²) in [5.74, 6) is 0.589. The Morgan fingerprint density at radius 3 is 2.53 bits per heavy atom. The Hall–Kier alpha value is -1.10. The number of fused-ring (bicyclic) bond motifs is 1. The van der Waals surface area contributed by atoms with Crippen molar-refractivity contribution in [1.82, 2.24) is 5.32 Å². The second kappa shape index (κ2) is 8.15. The molecule has 1 saturated carbocycles. The summed E-state index contributed by atoms with van der Waals surface area (Å²) in [7, 11) is 0. The standard InChI is InChI=1S/C12H21NO2.C2H4O2/c1-2-15-12(14)11-8-13-7-9-5-3-4-6-10(9)11;1-2(3)4/h9-11,13H,2-8H2,1H3;1H3,(H,3,4)/t9-,10+,11+;/m0./s1. The number of nitrogens with one attached hydrogen (secondary N) is 1. The number of aliphatic carboxylic acids is 1. The zero-order valence-electron chi connectivity index (χ0n) is 11.9. The molecule has 0 unspecified atom stereocenters. The van der Waals surface area contributed by atoms with Gasteiger partial charge in [-0.05, 0) is 38.1 Å². The summed E-state index contributed by atoms with van der Waals surface area (Å²) in [5.41, 5.74) is 0. The molecule has 1 saturated heterocycles. The van der Waals surface area contributed by atoms with Crippen LogP contribution < -0.4 is 5.32 Å². The van der Waals surface area contributed by atoms with Crippen LogP contribution in [-0.4, -0.2) is 36.7 Å². The fourth-order valence-electron chi connectivity index (χ4n) is 3.10. The van der Waals surface area contributed by atoms with Gasteiger partial charge in [0.25, 0.3) is 5.97 Å². The number of rotatable bonds is 2. The van der Waals surface area contributed by atoms with Crippen molar-refractivity contribution in [2.24, 2.45) is 17.8 Å². The van der Waals surface area contributed by atoms with Crippen LogP contribution in [0.15, 0.2) is 0 Å². The first-order valence-electron chi connectivity index (χ1n) is 7.13. The van der Waals surface area contributed by atoms with E-state index in [1.165, 1.54) is 25.7 Å². The van der Waals surface area contributed by atoms with Gasteiger partial charge in [0.05, 0.1) is 12.5 Å². The molecular formula is C14H25NO4. The van der Waals surface area contributed by atoms with E-state index in [0.717, 1.165) is 20.0 Å². The van der Waals surface area contributed by atoms with E-state index in [4.69, 9.17) is 14.6 Å². The number of carboxylic acid groups (broad SMARTS) is 1. The molecule has 1 aliphatic heterocycles. The first-order valence-corrected chi connectivity index (χ1v) is 7.13. The summed E-state index contributed by atoms with van der Waals surface area (Å²) in [6, 6.07) is 0. The lowest BCUT2D eigenvalue weighted by atomic mass is 9.70. The smallest absolute Gasteiger partial charge is 0.310 e. The van der Waals surface area contributed by atoms with Gasteiger partial charge in [-0.15, -0.1) is 0 Å². The molecule has 2 fully saturated rings. The summed E-state index contributed by atoms with van der Waals surface area (Å²) < 4.78 is 5.15. The molecular weight excluding hydrogens is 246 g/mol. The van der Waals surface area contributed by atoms with Gasteiger partial charge in [-0.2, -0.15) is 0 Å². The second-order valence-electron chi connectivity index (χ2n) is 5.24. The number of hydrogen-bond donors (Lipinski definition) is 2. The van der Waals surface area contributed by atoms with Crippen LogP contribution in [0, 0.1) is 17.8 Å². The Kier molecular flexibility index (Phi) is 6.84. The molecule has 110 valence electrons. The average molecular weight is 271 g/mol. The fourth-order valence-corrected chi connectivity index (χ4v) is 3.10. The lowest BCUT2D eigenvalue weighted by Crippen LogP contribution is -2.48. The molecule has 5 nitrogen and oxygen atoms in total. The second-order valence-corrected chi connectivity index (χ2v) is 5.24. The van der Waals surface area contributed by atoms with Crippen LogP contribution in [-0.2, 0) is 14.3 Å². The molecule has 5 heteroatoms. The van der Waals surface area contributed by atoms with Crippen molar-refractivity contribution in [3.8, 4) is 0 Å². The molecule has 0 bridgehead atoms. The van der Waals surface area contributed by atoms with E-state index in [2.05, 4.69) is 5.32 Å². The highest BCUT2D eigenvalue weighted by Crippen LogP contribution is 2.37. The molecule has 0 radical (unpaired) electrons. The first-order chi connectivity index (χ1) is 9.06. The van der Waals surface area contributed by atoms with E-state index in [-0.39, 0.29) is 11.9 Å². The minimum Gasteiger partial charge on any atom is -0.481 e. The van der Waals surface area contributed by atoms with Crippen LogP contribution in [0.2, 0.25) is 0 Å². The van der Waals surface area contributed by atoms with E-state index in [0.29, 0.717) is 18.4 Å². The molecule has 2 aliphatic rings. The molecule has 0 aromatic carbocycles. The summed E-state index contributed by atoms with van der Waals surface area (Å²) in [4.78, 5) is 20.8. The van der Waals surface area contributed by atoms with Crippen molar-refractivity contribution < 1.29 is 19.4 Å². The van der Waals surface area contributed by atoms with Gasteiger partial charge in [-0.1, -0.05) is 12.8 Å². The third-order valence-electron chi connectivity index (χ3n) is 3.84. The van der Waals surface area contributed by atoms with E-state index in [1.807, 2.05) is 6.92 Å². The molecule has 2 rings (SSSR count). The van der Waals surface area contributed by atoms with E-state index in [9.17, 15) is 4.79 Å². The lowest BCUT2D eigenvalue weighted by molar-refractivity contribution is -0.152. The third kappa shape index (κ3) is 5.19. The normalized spacial score (nSPS) is 29.5. The van der Waals surface area contributed by atoms with Crippen molar-refractivity contribution in [3.63, 3.8) is 0 Å². The minimum absolute atomic E-state index is 0.0154. The molecule has 3 atom stereocenters. The van der Waals surface area contributed by atoms with Crippen molar-refractivity contribution >= 4 is 11.9 Å². The van der Waals surface area contributed by atoms with Crippen molar-refractivity contribution in [2.75, 3.05) is 19.7 Å². The highest BCUT2D eigenvalue weighted by molar-refractivity contribution is 5.73.